The molecular weight excluding hydrogens is 695 g/mol. The van der Waals surface area contributed by atoms with Crippen molar-refractivity contribution in [3.8, 4) is 22.3 Å². The maximum absolute atomic E-state index is 6.62. The summed E-state index contributed by atoms with van der Waals surface area (Å²) in [6.45, 7) is 0. The molecule has 13 rings (SSSR count). The molecule has 4 heterocycles. The zero-order valence-electron chi connectivity index (χ0n) is 28.7. The number of nitrogens with one attached hydrogen (secondary N) is 1. The summed E-state index contributed by atoms with van der Waals surface area (Å²) in [5, 5.41) is 15.0. The third-order valence-electron chi connectivity index (χ3n) is 11.6. The average molecular weight is 722 g/mol. The van der Waals surface area contributed by atoms with E-state index in [0.29, 0.717) is 0 Å². The number of aromatic nitrogens is 1. The molecule has 13 aromatic rings. The van der Waals surface area contributed by atoms with Crippen molar-refractivity contribution in [2.45, 2.75) is 0 Å². The van der Waals surface area contributed by atoms with Crippen LogP contribution in [0.4, 0.5) is 0 Å². The lowest BCUT2D eigenvalue weighted by Gasteiger charge is -2.13. The lowest BCUT2D eigenvalue weighted by Crippen LogP contribution is -1.87. The number of furan rings is 1. The lowest BCUT2D eigenvalue weighted by atomic mass is 9.91. The summed E-state index contributed by atoms with van der Waals surface area (Å²) < 4.78 is 11.9. The molecule has 0 bridgehead atoms. The molecule has 0 aliphatic rings. The molecule has 250 valence electrons. The highest BCUT2D eigenvalue weighted by molar-refractivity contribution is 7.27. The number of H-pyrrole nitrogens is 1. The van der Waals surface area contributed by atoms with E-state index >= 15 is 0 Å². The van der Waals surface area contributed by atoms with Crippen LogP contribution in [0.3, 0.4) is 0 Å². The van der Waals surface area contributed by atoms with Gasteiger partial charge in [-0.2, -0.15) is 0 Å². The molecule has 4 heteroatoms. The van der Waals surface area contributed by atoms with Gasteiger partial charge in [-0.15, -0.1) is 22.7 Å². The molecule has 0 saturated heterocycles. The monoisotopic (exact) mass is 721 g/mol. The predicted molar refractivity (Wildman–Crippen MR) is 235 cm³/mol. The van der Waals surface area contributed by atoms with Crippen molar-refractivity contribution in [1.82, 2.24) is 4.98 Å². The summed E-state index contributed by atoms with van der Waals surface area (Å²) in [7, 11) is 0. The summed E-state index contributed by atoms with van der Waals surface area (Å²) in [4.78, 5) is 3.79. The fourth-order valence-corrected chi connectivity index (χ4v) is 11.7. The molecule has 1 N–H and O–H groups in total. The minimum absolute atomic E-state index is 0.921. The molecule has 2 nitrogen and oxygen atoms in total. The van der Waals surface area contributed by atoms with E-state index in [0.717, 1.165) is 27.3 Å². The van der Waals surface area contributed by atoms with E-state index in [1.165, 1.54) is 101 Å². The molecule has 0 amide bonds. The van der Waals surface area contributed by atoms with Crippen LogP contribution in [-0.4, -0.2) is 4.98 Å². The minimum atomic E-state index is 0.921. The molecule has 0 aliphatic heterocycles. The number of thiophene rings is 2. The molecule has 0 saturated carbocycles. The third kappa shape index (κ3) is 3.83. The first-order valence-corrected chi connectivity index (χ1v) is 20.0. The molecule has 9 aromatic carbocycles. The summed E-state index contributed by atoms with van der Waals surface area (Å²) in [6, 6.07) is 58.0. The minimum Gasteiger partial charge on any atom is -0.455 e. The van der Waals surface area contributed by atoms with Crippen LogP contribution in [0.2, 0.25) is 0 Å². The number of hydrogen-bond donors (Lipinski definition) is 1. The Morgan fingerprint density at radius 2 is 0.907 bits per heavy atom. The lowest BCUT2D eigenvalue weighted by molar-refractivity contribution is 0.673. The van der Waals surface area contributed by atoms with Crippen LogP contribution >= 0.6 is 22.7 Å². The Hall–Kier alpha value is -6.46. The smallest absolute Gasteiger partial charge is 0.143 e. The van der Waals surface area contributed by atoms with Crippen molar-refractivity contribution in [1.29, 1.82) is 0 Å². The van der Waals surface area contributed by atoms with Gasteiger partial charge in [-0.1, -0.05) is 115 Å². The van der Waals surface area contributed by atoms with Crippen LogP contribution in [0.5, 0.6) is 0 Å². The maximum atomic E-state index is 6.62. The average Bonchev–Trinajstić information content (AvgIpc) is 4.00. The normalized spacial score (nSPS) is 12.4. The Labute approximate surface area is 316 Å². The number of hydrogen-bond acceptors (Lipinski definition) is 3. The first-order chi connectivity index (χ1) is 26.8. The Balaban J connectivity index is 1.11. The van der Waals surface area contributed by atoms with Gasteiger partial charge in [0.1, 0.15) is 11.2 Å². The van der Waals surface area contributed by atoms with E-state index < -0.39 is 0 Å². The molecule has 0 atom stereocenters. The highest BCUT2D eigenvalue weighted by atomic mass is 32.1. The van der Waals surface area contributed by atoms with Crippen LogP contribution in [-0.2, 0) is 0 Å². The van der Waals surface area contributed by atoms with E-state index in [4.69, 9.17) is 4.42 Å². The highest BCUT2D eigenvalue weighted by Gasteiger charge is 2.21. The fourth-order valence-electron chi connectivity index (χ4n) is 9.16. The Bertz CT molecular complexity index is 3470. The zero-order valence-corrected chi connectivity index (χ0v) is 30.4. The summed E-state index contributed by atoms with van der Waals surface area (Å²) >= 11 is 3.78. The zero-order chi connectivity index (χ0) is 35.1. The third-order valence-corrected chi connectivity index (χ3v) is 14.0. The largest absolute Gasteiger partial charge is 0.455 e. The van der Waals surface area contributed by atoms with Crippen molar-refractivity contribution in [3.63, 3.8) is 0 Å². The maximum Gasteiger partial charge on any atom is 0.143 e. The van der Waals surface area contributed by atoms with Gasteiger partial charge in [-0.3, -0.25) is 0 Å². The van der Waals surface area contributed by atoms with Gasteiger partial charge in [-0.25, -0.2) is 0 Å². The van der Waals surface area contributed by atoms with Crippen LogP contribution in [0.25, 0.3) is 128 Å². The van der Waals surface area contributed by atoms with Crippen LogP contribution in [0.1, 0.15) is 0 Å². The topological polar surface area (TPSA) is 28.9 Å². The van der Waals surface area contributed by atoms with Gasteiger partial charge in [0.2, 0.25) is 0 Å². The number of para-hydroxylation sites is 2. The molecule has 0 aliphatic carbocycles. The Morgan fingerprint density at radius 3 is 1.59 bits per heavy atom. The molecule has 0 unspecified atom stereocenters. The number of benzene rings is 9. The first kappa shape index (κ1) is 29.0. The fraction of sp³-hybridized carbons (Fsp3) is 0. The van der Waals surface area contributed by atoms with Crippen LogP contribution < -0.4 is 0 Å². The number of rotatable bonds is 2. The Morgan fingerprint density at radius 1 is 0.389 bits per heavy atom. The van der Waals surface area contributed by atoms with E-state index in [2.05, 4.69) is 163 Å². The highest BCUT2D eigenvalue weighted by Crippen LogP contribution is 2.48. The molecule has 0 fully saturated rings. The van der Waals surface area contributed by atoms with Gasteiger partial charge in [0.15, 0.2) is 0 Å². The molecular formula is C50H27NOS2. The quantitative estimate of drug-likeness (QED) is 0.189. The van der Waals surface area contributed by atoms with Crippen molar-refractivity contribution in [3.05, 3.63) is 158 Å². The van der Waals surface area contributed by atoms with Crippen LogP contribution in [0.15, 0.2) is 162 Å². The SMILES string of the molecule is c1ccc2c(c1)[nH]c1c2cc(-c2ccc(-c3cc4c5ccccc5oc4c4ccc5c6ccccc6sc5c34)cc2)c2c1ccc1c3ccccc3sc12. The standard InChI is InChI=1S/C50H27NOS2/c1-5-13-41-29(9-1)39-25-37(45-35(47(39)51-41)23-21-33-31-11-3-7-15-43(31)53-49(33)45)27-17-19-28(20-18-27)38-26-40-30-10-2-6-14-42(30)52-48(40)36-24-22-34-32-12-4-8-16-44(32)54-50(34)46(36)38/h1-26,51H. The van der Waals surface area contributed by atoms with Gasteiger partial charge in [0, 0.05) is 89.0 Å². The van der Waals surface area contributed by atoms with E-state index in [1.807, 2.05) is 22.7 Å². The first-order valence-electron chi connectivity index (χ1n) is 18.3. The molecule has 54 heavy (non-hydrogen) atoms. The Kier molecular flexibility index (Phi) is 5.69. The summed E-state index contributed by atoms with van der Waals surface area (Å²) in [5.41, 5.74) is 9.15. The van der Waals surface area contributed by atoms with Crippen molar-refractivity contribution in [2.24, 2.45) is 0 Å². The summed E-state index contributed by atoms with van der Waals surface area (Å²) in [6.07, 6.45) is 0. The van der Waals surface area contributed by atoms with Crippen molar-refractivity contribution >= 4 is 128 Å². The van der Waals surface area contributed by atoms with Crippen molar-refractivity contribution < 1.29 is 4.42 Å². The number of fused-ring (bicyclic) bond motifs is 18. The molecule has 0 spiro atoms. The second kappa shape index (κ2) is 10.6. The van der Waals surface area contributed by atoms with Crippen molar-refractivity contribution in [2.75, 3.05) is 0 Å². The van der Waals surface area contributed by atoms with Gasteiger partial charge in [0.25, 0.3) is 0 Å². The van der Waals surface area contributed by atoms with E-state index in [1.54, 1.807) is 0 Å². The van der Waals surface area contributed by atoms with Crippen LogP contribution in [0, 0.1) is 0 Å². The number of aromatic amines is 1. The van der Waals surface area contributed by atoms with E-state index in [-0.39, 0.29) is 0 Å². The molecule has 4 aromatic heterocycles. The van der Waals surface area contributed by atoms with Gasteiger partial charge < -0.3 is 9.40 Å². The van der Waals surface area contributed by atoms with E-state index in [9.17, 15) is 0 Å². The second-order valence-corrected chi connectivity index (χ2v) is 16.5. The van der Waals surface area contributed by atoms with Gasteiger partial charge in [0.05, 0.1) is 5.52 Å². The molecule has 0 radical (unpaired) electrons. The second-order valence-electron chi connectivity index (χ2n) is 14.4. The van der Waals surface area contributed by atoms with Gasteiger partial charge >= 0.3 is 0 Å². The predicted octanol–water partition coefficient (Wildman–Crippen LogP) is 15.6. The van der Waals surface area contributed by atoms with Gasteiger partial charge in [-0.05, 0) is 64.7 Å². The summed E-state index contributed by atoms with van der Waals surface area (Å²) in [5.74, 6) is 0.